The number of halogens is 1. The summed E-state index contributed by atoms with van der Waals surface area (Å²) < 4.78 is 0.951. The molecule has 0 saturated heterocycles. The molecule has 1 heterocycles. The number of carbonyl (C=O) groups excluding carboxylic acids is 1. The molecule has 7 heteroatoms. The Balaban J connectivity index is 1.95. The number of rotatable bonds is 4. The number of carbonyl (C=O) groups is 1. The van der Waals surface area contributed by atoms with Crippen molar-refractivity contribution in [2.45, 2.75) is 19.0 Å². The minimum atomic E-state index is -0.168. The van der Waals surface area contributed by atoms with Crippen LogP contribution in [-0.4, -0.2) is 21.6 Å². The lowest BCUT2D eigenvalue weighted by atomic mass is 10.3. The van der Waals surface area contributed by atoms with Crippen molar-refractivity contribution in [1.29, 1.82) is 0 Å². The van der Waals surface area contributed by atoms with Crippen molar-refractivity contribution in [2.24, 2.45) is 0 Å². The molecule has 21 heavy (non-hydrogen) atoms. The number of anilines is 1. The molecule has 0 aliphatic heterocycles. The van der Waals surface area contributed by atoms with Gasteiger partial charge in [-0.15, -0.1) is 0 Å². The summed E-state index contributed by atoms with van der Waals surface area (Å²) in [5.74, 6) is 0.0322. The van der Waals surface area contributed by atoms with E-state index in [4.69, 9.17) is 0 Å². The summed E-state index contributed by atoms with van der Waals surface area (Å²) >= 11 is 4.53. The summed E-state index contributed by atoms with van der Waals surface area (Å²) in [5, 5.41) is 3.23. The largest absolute Gasteiger partial charge is 0.325 e. The number of benzene rings is 1. The topological polar surface area (TPSA) is 74.8 Å². The van der Waals surface area contributed by atoms with E-state index in [-0.39, 0.29) is 17.2 Å². The highest BCUT2D eigenvalue weighted by atomic mass is 79.9. The van der Waals surface area contributed by atoms with E-state index in [1.165, 1.54) is 11.8 Å². The fraction of sp³-hybridized carbons (Fsp3) is 0.214. The van der Waals surface area contributed by atoms with E-state index in [1.54, 1.807) is 13.8 Å². The first-order chi connectivity index (χ1) is 9.95. The first kappa shape index (κ1) is 15.8. The third kappa shape index (κ3) is 4.44. The van der Waals surface area contributed by atoms with Gasteiger partial charge in [-0.3, -0.25) is 9.59 Å². The van der Waals surface area contributed by atoms with Gasteiger partial charge in [0.15, 0.2) is 5.16 Å². The molecule has 0 aliphatic carbocycles. The second-order valence-electron chi connectivity index (χ2n) is 4.43. The van der Waals surface area contributed by atoms with Crippen LogP contribution in [0.1, 0.15) is 11.3 Å². The van der Waals surface area contributed by atoms with Crippen LogP contribution in [0.2, 0.25) is 0 Å². The molecule has 1 aromatic carbocycles. The van der Waals surface area contributed by atoms with E-state index in [9.17, 15) is 9.59 Å². The Morgan fingerprint density at radius 2 is 2.00 bits per heavy atom. The number of nitrogens with zero attached hydrogens (tertiary/aromatic N) is 1. The summed E-state index contributed by atoms with van der Waals surface area (Å²) in [4.78, 5) is 30.4. The van der Waals surface area contributed by atoms with E-state index in [0.717, 1.165) is 10.2 Å². The highest BCUT2D eigenvalue weighted by molar-refractivity contribution is 9.10. The van der Waals surface area contributed by atoms with Gasteiger partial charge in [-0.25, -0.2) is 4.98 Å². The third-order valence-electron chi connectivity index (χ3n) is 2.84. The molecule has 2 aromatic rings. The van der Waals surface area contributed by atoms with Crippen LogP contribution in [-0.2, 0) is 4.79 Å². The van der Waals surface area contributed by atoms with Crippen molar-refractivity contribution in [3.05, 3.63) is 50.3 Å². The van der Waals surface area contributed by atoms with E-state index >= 15 is 0 Å². The number of aromatic nitrogens is 2. The fourth-order valence-corrected chi connectivity index (χ4v) is 2.52. The second-order valence-corrected chi connectivity index (χ2v) is 6.30. The lowest BCUT2D eigenvalue weighted by molar-refractivity contribution is -0.113. The first-order valence-corrected chi connectivity index (χ1v) is 7.99. The molecule has 0 unspecified atom stereocenters. The standard InChI is InChI=1S/C14H14BrN3O2S/c1-8-9(2)16-14(18-13(8)20)21-7-12(19)17-11-5-3-10(15)4-6-11/h3-6H,7H2,1-2H3,(H,17,19)(H,16,18,20). The fourth-order valence-electron chi connectivity index (χ4n) is 1.55. The van der Waals surface area contributed by atoms with Gasteiger partial charge in [-0.2, -0.15) is 0 Å². The number of hydrogen-bond acceptors (Lipinski definition) is 4. The van der Waals surface area contributed by atoms with Gasteiger partial charge in [0.2, 0.25) is 5.91 Å². The Morgan fingerprint density at radius 1 is 1.33 bits per heavy atom. The minimum Gasteiger partial charge on any atom is -0.325 e. The molecule has 5 nitrogen and oxygen atoms in total. The number of nitrogens with one attached hydrogen (secondary N) is 2. The average Bonchev–Trinajstić information content (AvgIpc) is 2.45. The molecule has 0 atom stereocenters. The van der Waals surface area contributed by atoms with Gasteiger partial charge >= 0.3 is 0 Å². The molecule has 2 rings (SSSR count). The maximum Gasteiger partial charge on any atom is 0.254 e. The Kier molecular flexibility index (Phi) is 5.19. The van der Waals surface area contributed by atoms with Crippen LogP contribution in [0.5, 0.6) is 0 Å². The van der Waals surface area contributed by atoms with Crippen molar-refractivity contribution in [1.82, 2.24) is 9.97 Å². The monoisotopic (exact) mass is 367 g/mol. The minimum absolute atomic E-state index is 0.150. The predicted molar refractivity (Wildman–Crippen MR) is 87.8 cm³/mol. The first-order valence-electron chi connectivity index (χ1n) is 6.21. The molecule has 0 radical (unpaired) electrons. The van der Waals surface area contributed by atoms with Gasteiger partial charge in [-0.05, 0) is 38.1 Å². The van der Waals surface area contributed by atoms with Crippen LogP contribution in [0.25, 0.3) is 0 Å². The van der Waals surface area contributed by atoms with Crippen molar-refractivity contribution in [3.8, 4) is 0 Å². The van der Waals surface area contributed by atoms with Crippen LogP contribution in [0.4, 0.5) is 5.69 Å². The van der Waals surface area contributed by atoms with E-state index in [1.807, 2.05) is 24.3 Å². The number of H-pyrrole nitrogens is 1. The van der Waals surface area contributed by atoms with Gasteiger partial charge in [0.1, 0.15) is 0 Å². The lowest BCUT2D eigenvalue weighted by Gasteiger charge is -2.06. The van der Waals surface area contributed by atoms with Crippen LogP contribution < -0.4 is 10.9 Å². The zero-order valence-corrected chi connectivity index (χ0v) is 14.0. The molecule has 2 N–H and O–H groups in total. The zero-order chi connectivity index (χ0) is 15.4. The van der Waals surface area contributed by atoms with Crippen LogP contribution in [0.15, 0.2) is 38.7 Å². The average molecular weight is 368 g/mol. The van der Waals surface area contributed by atoms with Gasteiger partial charge in [0.25, 0.3) is 5.56 Å². The Hall–Kier alpha value is -1.60. The second kappa shape index (κ2) is 6.91. The smallest absolute Gasteiger partial charge is 0.254 e. The summed E-state index contributed by atoms with van der Waals surface area (Å²) in [6.45, 7) is 3.49. The molecule has 0 aliphatic rings. The Morgan fingerprint density at radius 3 is 2.62 bits per heavy atom. The number of hydrogen-bond donors (Lipinski definition) is 2. The normalized spacial score (nSPS) is 10.4. The molecular weight excluding hydrogens is 354 g/mol. The summed E-state index contributed by atoms with van der Waals surface area (Å²) in [7, 11) is 0. The van der Waals surface area contributed by atoms with Gasteiger partial charge in [0.05, 0.1) is 5.75 Å². The molecule has 0 bridgehead atoms. The number of amides is 1. The van der Waals surface area contributed by atoms with Crippen LogP contribution >= 0.6 is 27.7 Å². The summed E-state index contributed by atoms with van der Waals surface area (Å²) in [6.07, 6.45) is 0. The van der Waals surface area contributed by atoms with Gasteiger partial charge in [-0.1, -0.05) is 27.7 Å². The molecule has 0 fully saturated rings. The maximum atomic E-state index is 11.8. The molecular formula is C14H14BrN3O2S. The van der Waals surface area contributed by atoms with Crippen LogP contribution in [0, 0.1) is 13.8 Å². The van der Waals surface area contributed by atoms with E-state index in [0.29, 0.717) is 16.4 Å². The Labute approximate surface area is 134 Å². The SMILES string of the molecule is Cc1nc(SCC(=O)Nc2ccc(Br)cc2)[nH]c(=O)c1C. The molecule has 110 valence electrons. The maximum absolute atomic E-state index is 11.8. The van der Waals surface area contributed by atoms with Gasteiger partial charge < -0.3 is 10.3 Å². The van der Waals surface area contributed by atoms with Crippen molar-refractivity contribution in [2.75, 3.05) is 11.1 Å². The van der Waals surface area contributed by atoms with E-state index < -0.39 is 0 Å². The highest BCUT2D eigenvalue weighted by Gasteiger charge is 2.08. The summed E-state index contributed by atoms with van der Waals surface area (Å²) in [5.41, 5.74) is 1.83. The zero-order valence-electron chi connectivity index (χ0n) is 11.6. The molecule has 1 amide bonds. The number of aromatic amines is 1. The molecule has 0 spiro atoms. The third-order valence-corrected chi connectivity index (χ3v) is 4.24. The lowest BCUT2D eigenvalue weighted by Crippen LogP contribution is -2.17. The number of aryl methyl sites for hydroxylation is 1. The van der Waals surface area contributed by atoms with Gasteiger partial charge in [0, 0.05) is 21.4 Å². The number of thioether (sulfide) groups is 1. The van der Waals surface area contributed by atoms with E-state index in [2.05, 4.69) is 31.2 Å². The summed E-state index contributed by atoms with van der Waals surface area (Å²) in [6, 6.07) is 7.32. The molecule has 0 saturated carbocycles. The quantitative estimate of drug-likeness (QED) is 0.643. The van der Waals surface area contributed by atoms with Crippen molar-refractivity contribution >= 4 is 39.3 Å². The molecule has 1 aromatic heterocycles. The van der Waals surface area contributed by atoms with Crippen molar-refractivity contribution < 1.29 is 4.79 Å². The van der Waals surface area contributed by atoms with Crippen LogP contribution in [0.3, 0.4) is 0 Å². The Bertz CT molecular complexity index is 713. The highest BCUT2D eigenvalue weighted by Crippen LogP contribution is 2.16. The predicted octanol–water partition coefficient (Wildman–Crippen LogP) is 2.88. The van der Waals surface area contributed by atoms with Crippen molar-refractivity contribution in [3.63, 3.8) is 0 Å².